The molecule has 0 spiro atoms. The Labute approximate surface area is 185 Å². The average molecular weight is 465 g/mol. The molecule has 174 valence electrons. The van der Waals surface area contributed by atoms with E-state index >= 15 is 0 Å². The molecule has 2 aromatic carbocycles. The highest BCUT2D eigenvalue weighted by Crippen LogP contribution is 2.34. The van der Waals surface area contributed by atoms with Crippen LogP contribution in [0.4, 0.5) is 17.6 Å². The van der Waals surface area contributed by atoms with Gasteiger partial charge >= 0.3 is 5.97 Å². The fourth-order valence-electron chi connectivity index (χ4n) is 3.22. The number of amides is 1. The van der Waals surface area contributed by atoms with Gasteiger partial charge in [0, 0.05) is 13.1 Å². The Balaban J connectivity index is 1.94. The molecule has 1 heterocycles. The number of halogens is 4. The molecule has 3 aromatic rings. The van der Waals surface area contributed by atoms with Crippen LogP contribution in [0, 0.1) is 18.6 Å². The highest BCUT2D eigenvalue weighted by Gasteiger charge is 2.31. The zero-order valence-electron chi connectivity index (χ0n) is 17.7. The van der Waals surface area contributed by atoms with Crippen molar-refractivity contribution in [3.05, 3.63) is 76.0 Å². The van der Waals surface area contributed by atoms with E-state index in [1.165, 1.54) is 19.2 Å². The van der Waals surface area contributed by atoms with Crippen molar-refractivity contribution in [2.24, 2.45) is 7.05 Å². The van der Waals surface area contributed by atoms with Gasteiger partial charge in [-0.15, -0.1) is 0 Å². The van der Waals surface area contributed by atoms with Gasteiger partial charge in [-0.1, -0.05) is 12.1 Å². The number of carboxylic acids is 1. The van der Waals surface area contributed by atoms with E-state index in [0.29, 0.717) is 17.2 Å². The van der Waals surface area contributed by atoms with Gasteiger partial charge in [0.15, 0.2) is 11.6 Å². The van der Waals surface area contributed by atoms with Gasteiger partial charge in [-0.05, 0) is 43.2 Å². The third-order valence-corrected chi connectivity index (χ3v) is 4.88. The number of nitrogens with zero attached hydrogens (tertiary/aromatic N) is 2. The number of nitrogens with one attached hydrogen (secondary N) is 1. The van der Waals surface area contributed by atoms with Crippen LogP contribution in [0.1, 0.15) is 56.9 Å². The molecule has 33 heavy (non-hydrogen) atoms. The molecule has 0 saturated carbocycles. The number of carbonyl (C=O) groups excluding carboxylic acids is 1. The second kappa shape index (κ2) is 9.31. The molecule has 11 heteroatoms. The molecule has 3 rings (SSSR count). The van der Waals surface area contributed by atoms with Crippen LogP contribution < -0.4 is 10.1 Å². The molecule has 0 aliphatic carbocycles. The summed E-state index contributed by atoms with van der Waals surface area (Å²) >= 11 is 0. The monoisotopic (exact) mass is 465 g/mol. The standard InChI is InChI=1S/C22H19F4N3O4/c1-10-8-12(4-6-14(10)22(31)32)11(2)27-20(30)17-18(19(25)26)28-29(3)21(17)33-16-7-5-13(23)9-15(16)24/h4-9,11,19H,1-3H3,(H,27,30)(H,31,32). The minimum atomic E-state index is -3.14. The topological polar surface area (TPSA) is 93.5 Å². The van der Waals surface area contributed by atoms with Crippen LogP contribution in [0.15, 0.2) is 36.4 Å². The molecule has 0 bridgehead atoms. The first-order valence-electron chi connectivity index (χ1n) is 9.62. The smallest absolute Gasteiger partial charge is 0.335 e. The van der Waals surface area contributed by atoms with E-state index in [1.54, 1.807) is 19.9 Å². The summed E-state index contributed by atoms with van der Waals surface area (Å²) in [5.74, 6) is -4.98. The zero-order chi connectivity index (χ0) is 24.4. The van der Waals surface area contributed by atoms with Crippen molar-refractivity contribution in [1.82, 2.24) is 15.1 Å². The van der Waals surface area contributed by atoms with E-state index in [4.69, 9.17) is 9.84 Å². The van der Waals surface area contributed by atoms with Gasteiger partial charge < -0.3 is 15.2 Å². The molecule has 1 unspecified atom stereocenters. The van der Waals surface area contributed by atoms with E-state index < -0.39 is 58.9 Å². The van der Waals surface area contributed by atoms with Crippen LogP contribution in [0.3, 0.4) is 0 Å². The SMILES string of the molecule is Cc1cc(C(C)NC(=O)c2c(C(F)F)nn(C)c2Oc2ccc(F)cc2F)ccc1C(=O)O. The van der Waals surface area contributed by atoms with E-state index in [2.05, 4.69) is 10.4 Å². The fourth-order valence-corrected chi connectivity index (χ4v) is 3.22. The van der Waals surface area contributed by atoms with Crippen molar-refractivity contribution in [2.45, 2.75) is 26.3 Å². The quantitative estimate of drug-likeness (QED) is 0.483. The van der Waals surface area contributed by atoms with Crippen LogP contribution >= 0.6 is 0 Å². The van der Waals surface area contributed by atoms with E-state index in [9.17, 15) is 27.2 Å². The number of aryl methyl sites for hydroxylation is 2. The number of hydrogen-bond donors (Lipinski definition) is 2. The predicted octanol–water partition coefficient (Wildman–Crippen LogP) is 4.93. The molecule has 1 aromatic heterocycles. The number of carboxylic acid groups (broad SMARTS) is 1. The molecule has 0 aliphatic heterocycles. The maximum Gasteiger partial charge on any atom is 0.335 e. The van der Waals surface area contributed by atoms with Gasteiger partial charge in [-0.3, -0.25) is 4.79 Å². The zero-order valence-corrected chi connectivity index (χ0v) is 17.7. The van der Waals surface area contributed by atoms with Crippen molar-refractivity contribution in [2.75, 3.05) is 0 Å². The maximum absolute atomic E-state index is 14.0. The maximum atomic E-state index is 14.0. The van der Waals surface area contributed by atoms with Gasteiger partial charge in [0.1, 0.15) is 17.1 Å². The summed E-state index contributed by atoms with van der Waals surface area (Å²) < 4.78 is 60.6. The number of alkyl halides is 2. The second-order valence-corrected chi connectivity index (χ2v) is 7.24. The summed E-state index contributed by atoms with van der Waals surface area (Å²) in [6.07, 6.45) is -3.14. The Morgan fingerprint density at radius 3 is 2.42 bits per heavy atom. The predicted molar refractivity (Wildman–Crippen MR) is 109 cm³/mol. The lowest BCUT2D eigenvalue weighted by Gasteiger charge is -2.16. The molecule has 0 radical (unpaired) electrons. The number of aromatic carboxylic acids is 1. The number of rotatable bonds is 7. The summed E-state index contributed by atoms with van der Waals surface area (Å²) in [5.41, 5.74) is -0.424. The van der Waals surface area contributed by atoms with E-state index in [1.807, 2.05) is 0 Å². The van der Waals surface area contributed by atoms with Gasteiger partial charge in [0.25, 0.3) is 12.3 Å². The van der Waals surface area contributed by atoms with E-state index in [0.717, 1.165) is 16.8 Å². The van der Waals surface area contributed by atoms with Crippen LogP contribution in [-0.4, -0.2) is 26.8 Å². The summed E-state index contributed by atoms with van der Waals surface area (Å²) in [6, 6.07) is 6.12. The lowest BCUT2D eigenvalue weighted by Crippen LogP contribution is -2.28. The number of aromatic nitrogens is 2. The van der Waals surface area contributed by atoms with Gasteiger partial charge in [0.2, 0.25) is 5.88 Å². The normalized spacial score (nSPS) is 12.0. The molecular weight excluding hydrogens is 446 g/mol. The largest absolute Gasteiger partial charge is 0.478 e. The van der Waals surface area contributed by atoms with E-state index in [-0.39, 0.29) is 5.56 Å². The van der Waals surface area contributed by atoms with Crippen molar-refractivity contribution in [1.29, 1.82) is 0 Å². The van der Waals surface area contributed by atoms with Gasteiger partial charge in [-0.25, -0.2) is 27.0 Å². The summed E-state index contributed by atoms with van der Waals surface area (Å²) in [5, 5.41) is 15.3. The highest BCUT2D eigenvalue weighted by molar-refractivity contribution is 5.98. The molecule has 0 fully saturated rings. The molecule has 1 atom stereocenters. The molecular formula is C22H19F4N3O4. The van der Waals surface area contributed by atoms with Crippen molar-refractivity contribution < 1.29 is 37.0 Å². The Kier molecular flexibility index (Phi) is 6.70. The molecule has 7 nitrogen and oxygen atoms in total. The van der Waals surface area contributed by atoms with Crippen LogP contribution in [0.5, 0.6) is 11.6 Å². The molecule has 0 saturated heterocycles. The average Bonchev–Trinajstić information content (AvgIpc) is 3.06. The van der Waals surface area contributed by atoms with Gasteiger partial charge in [-0.2, -0.15) is 5.10 Å². The molecule has 0 aliphatic rings. The minimum Gasteiger partial charge on any atom is -0.478 e. The Morgan fingerprint density at radius 2 is 1.85 bits per heavy atom. The van der Waals surface area contributed by atoms with Crippen LogP contribution in [-0.2, 0) is 7.05 Å². The Hall–Kier alpha value is -3.89. The first kappa shape index (κ1) is 23.8. The summed E-state index contributed by atoms with van der Waals surface area (Å²) in [4.78, 5) is 24.1. The number of carbonyl (C=O) groups is 2. The molecule has 1 amide bonds. The number of benzene rings is 2. The van der Waals surface area contributed by atoms with Crippen molar-refractivity contribution in [3.8, 4) is 11.6 Å². The third kappa shape index (κ3) is 4.97. The second-order valence-electron chi connectivity index (χ2n) is 7.24. The number of hydrogen-bond acceptors (Lipinski definition) is 4. The Morgan fingerprint density at radius 1 is 1.15 bits per heavy atom. The fraction of sp³-hybridized carbons (Fsp3) is 0.227. The van der Waals surface area contributed by atoms with Crippen molar-refractivity contribution in [3.63, 3.8) is 0 Å². The summed E-state index contributed by atoms with van der Waals surface area (Å²) in [7, 11) is 1.23. The first-order valence-corrected chi connectivity index (χ1v) is 9.62. The third-order valence-electron chi connectivity index (χ3n) is 4.88. The number of ether oxygens (including phenoxy) is 1. The minimum absolute atomic E-state index is 0.0848. The summed E-state index contributed by atoms with van der Waals surface area (Å²) in [6.45, 7) is 3.16. The van der Waals surface area contributed by atoms with Gasteiger partial charge in [0.05, 0.1) is 11.6 Å². The van der Waals surface area contributed by atoms with Crippen LogP contribution in [0.25, 0.3) is 0 Å². The van der Waals surface area contributed by atoms with Crippen molar-refractivity contribution >= 4 is 11.9 Å². The molecule has 2 N–H and O–H groups in total. The van der Waals surface area contributed by atoms with Crippen LogP contribution in [0.2, 0.25) is 0 Å². The first-order chi connectivity index (χ1) is 15.5. The Bertz CT molecular complexity index is 1230. The lowest BCUT2D eigenvalue weighted by molar-refractivity contribution is 0.0695. The highest BCUT2D eigenvalue weighted by atomic mass is 19.3. The lowest BCUT2D eigenvalue weighted by atomic mass is 10.0.